The second kappa shape index (κ2) is 6.26. The zero-order chi connectivity index (χ0) is 15.4. The van der Waals surface area contributed by atoms with Crippen molar-refractivity contribution >= 4 is 11.7 Å². The first-order valence-corrected chi connectivity index (χ1v) is 6.75. The van der Waals surface area contributed by atoms with Crippen molar-refractivity contribution in [3.8, 4) is 0 Å². The van der Waals surface area contributed by atoms with Gasteiger partial charge in [0.25, 0.3) is 5.56 Å². The Balaban J connectivity index is 2.36. The van der Waals surface area contributed by atoms with E-state index in [0.717, 1.165) is 5.56 Å². The second-order valence-electron chi connectivity index (χ2n) is 5.01. The van der Waals surface area contributed by atoms with Gasteiger partial charge < -0.3 is 15.8 Å². The van der Waals surface area contributed by atoms with E-state index in [2.05, 4.69) is 4.98 Å². The molecule has 0 fully saturated rings. The molecule has 0 aliphatic heterocycles. The minimum atomic E-state index is -0.939. The summed E-state index contributed by atoms with van der Waals surface area (Å²) in [7, 11) is 0. The average molecular weight is 286 g/mol. The van der Waals surface area contributed by atoms with Crippen molar-refractivity contribution in [2.45, 2.75) is 26.2 Å². The molecular formula is C16H18N2O3. The number of hydrogen-bond acceptors (Lipinski definition) is 3. The minimum absolute atomic E-state index is 0.118. The number of carbonyl (C=O) groups is 1. The Hall–Kier alpha value is -2.56. The molecule has 0 amide bonds. The van der Waals surface area contributed by atoms with Gasteiger partial charge in [-0.25, -0.2) is 0 Å². The molecule has 2 aromatic rings. The Kier molecular flexibility index (Phi) is 4.42. The zero-order valence-electron chi connectivity index (χ0n) is 11.8. The Bertz CT molecular complexity index is 705. The lowest BCUT2D eigenvalue weighted by Crippen LogP contribution is -2.20. The molecule has 4 N–H and O–H groups in total. The number of anilines is 1. The molecule has 0 radical (unpaired) electrons. The van der Waals surface area contributed by atoms with Crippen LogP contribution in [-0.4, -0.2) is 16.1 Å². The summed E-state index contributed by atoms with van der Waals surface area (Å²) in [6.07, 6.45) is 1.11. The Morgan fingerprint density at radius 1 is 1.19 bits per heavy atom. The van der Waals surface area contributed by atoms with Crippen LogP contribution in [0.1, 0.15) is 22.4 Å². The first-order valence-electron chi connectivity index (χ1n) is 6.75. The molecule has 0 spiro atoms. The molecule has 110 valence electrons. The summed E-state index contributed by atoms with van der Waals surface area (Å²) in [5, 5.41) is 9.03. The van der Waals surface area contributed by atoms with Gasteiger partial charge in [-0.2, -0.15) is 0 Å². The predicted molar refractivity (Wildman–Crippen MR) is 81.4 cm³/mol. The van der Waals surface area contributed by atoms with E-state index in [1.165, 1.54) is 0 Å². The normalized spacial score (nSPS) is 10.5. The third-order valence-electron chi connectivity index (χ3n) is 3.52. The topological polar surface area (TPSA) is 96.2 Å². The standard InChI is InChI=1S/C16H18N2O3/c1-10-13(9-14(19)20)12(15(17)16(21)18-10)8-7-11-5-3-2-4-6-11/h2-6H,7-9,17H2,1H3,(H,18,21)(H,19,20). The smallest absolute Gasteiger partial charge is 0.307 e. The predicted octanol–water partition coefficient (Wildman–Crippen LogP) is 1.68. The third-order valence-corrected chi connectivity index (χ3v) is 3.52. The molecule has 0 atom stereocenters. The SMILES string of the molecule is Cc1[nH]c(=O)c(N)c(CCc2ccccc2)c1CC(=O)O. The largest absolute Gasteiger partial charge is 0.481 e. The van der Waals surface area contributed by atoms with E-state index in [9.17, 15) is 9.59 Å². The number of aromatic nitrogens is 1. The average Bonchev–Trinajstić information content (AvgIpc) is 2.45. The van der Waals surface area contributed by atoms with E-state index in [1.54, 1.807) is 6.92 Å². The number of H-pyrrole nitrogens is 1. The van der Waals surface area contributed by atoms with Crippen LogP contribution in [-0.2, 0) is 24.1 Å². The van der Waals surface area contributed by atoms with Crippen molar-refractivity contribution in [3.05, 3.63) is 63.1 Å². The quantitative estimate of drug-likeness (QED) is 0.779. The van der Waals surface area contributed by atoms with Crippen LogP contribution in [0.4, 0.5) is 5.69 Å². The molecule has 5 nitrogen and oxygen atoms in total. The fourth-order valence-corrected chi connectivity index (χ4v) is 2.43. The maximum Gasteiger partial charge on any atom is 0.307 e. The number of carboxylic acids is 1. The number of carboxylic acid groups (broad SMARTS) is 1. The lowest BCUT2D eigenvalue weighted by atomic mass is 9.96. The number of nitrogens with two attached hydrogens (primary N) is 1. The highest BCUT2D eigenvalue weighted by molar-refractivity contribution is 5.72. The molecule has 2 rings (SSSR count). The molecule has 1 aromatic carbocycles. The highest BCUT2D eigenvalue weighted by Crippen LogP contribution is 2.19. The van der Waals surface area contributed by atoms with Crippen LogP contribution in [0.3, 0.4) is 0 Å². The Labute approximate surface area is 122 Å². The van der Waals surface area contributed by atoms with Crippen LogP contribution < -0.4 is 11.3 Å². The molecular weight excluding hydrogens is 268 g/mol. The lowest BCUT2D eigenvalue weighted by molar-refractivity contribution is -0.136. The van der Waals surface area contributed by atoms with Crippen molar-refractivity contribution in [1.82, 2.24) is 4.98 Å². The molecule has 5 heteroatoms. The van der Waals surface area contributed by atoms with Gasteiger partial charge >= 0.3 is 5.97 Å². The summed E-state index contributed by atoms with van der Waals surface area (Å²) in [5.74, 6) is -0.939. The number of hydrogen-bond donors (Lipinski definition) is 3. The van der Waals surface area contributed by atoms with Gasteiger partial charge in [0.2, 0.25) is 0 Å². The van der Waals surface area contributed by atoms with Gasteiger partial charge in [0.1, 0.15) is 5.69 Å². The van der Waals surface area contributed by atoms with E-state index >= 15 is 0 Å². The van der Waals surface area contributed by atoms with Crippen molar-refractivity contribution in [3.63, 3.8) is 0 Å². The molecule has 0 aliphatic carbocycles. The van der Waals surface area contributed by atoms with Crippen LogP contribution in [0.25, 0.3) is 0 Å². The van der Waals surface area contributed by atoms with Gasteiger partial charge in [-0.05, 0) is 36.5 Å². The summed E-state index contributed by atoms with van der Waals surface area (Å²) in [6.45, 7) is 1.70. The summed E-state index contributed by atoms with van der Waals surface area (Å²) in [6, 6.07) is 9.81. The molecule has 0 saturated carbocycles. The van der Waals surface area contributed by atoms with E-state index in [0.29, 0.717) is 29.7 Å². The molecule has 21 heavy (non-hydrogen) atoms. The van der Waals surface area contributed by atoms with Crippen molar-refractivity contribution < 1.29 is 9.90 Å². The first-order chi connectivity index (χ1) is 9.99. The van der Waals surface area contributed by atoms with E-state index in [-0.39, 0.29) is 17.7 Å². The van der Waals surface area contributed by atoms with E-state index < -0.39 is 5.97 Å². The molecule has 1 aromatic heterocycles. The third kappa shape index (κ3) is 3.51. The summed E-state index contributed by atoms with van der Waals surface area (Å²) in [5.41, 5.74) is 8.56. The summed E-state index contributed by atoms with van der Waals surface area (Å²) in [4.78, 5) is 25.4. The van der Waals surface area contributed by atoms with Gasteiger partial charge in [0.05, 0.1) is 6.42 Å². The summed E-state index contributed by atoms with van der Waals surface area (Å²) >= 11 is 0. The lowest BCUT2D eigenvalue weighted by Gasteiger charge is -2.13. The molecule has 0 unspecified atom stereocenters. The summed E-state index contributed by atoms with van der Waals surface area (Å²) < 4.78 is 0. The minimum Gasteiger partial charge on any atom is -0.481 e. The Morgan fingerprint density at radius 2 is 1.86 bits per heavy atom. The van der Waals surface area contributed by atoms with Crippen molar-refractivity contribution in [2.24, 2.45) is 0 Å². The van der Waals surface area contributed by atoms with Gasteiger partial charge in [-0.1, -0.05) is 30.3 Å². The Morgan fingerprint density at radius 3 is 2.48 bits per heavy atom. The monoisotopic (exact) mass is 286 g/mol. The highest BCUT2D eigenvalue weighted by atomic mass is 16.4. The fraction of sp³-hybridized carbons (Fsp3) is 0.250. The van der Waals surface area contributed by atoms with Crippen LogP contribution >= 0.6 is 0 Å². The van der Waals surface area contributed by atoms with E-state index in [1.807, 2.05) is 30.3 Å². The van der Waals surface area contributed by atoms with Crippen LogP contribution in [0.15, 0.2) is 35.1 Å². The maximum absolute atomic E-state index is 11.8. The molecule has 0 bridgehead atoms. The number of pyridine rings is 1. The van der Waals surface area contributed by atoms with Crippen LogP contribution in [0, 0.1) is 6.92 Å². The van der Waals surface area contributed by atoms with Gasteiger partial charge in [0.15, 0.2) is 0 Å². The van der Waals surface area contributed by atoms with Crippen LogP contribution in [0.5, 0.6) is 0 Å². The number of nitrogen functional groups attached to an aromatic ring is 1. The maximum atomic E-state index is 11.8. The van der Waals surface area contributed by atoms with Gasteiger partial charge in [-0.15, -0.1) is 0 Å². The first kappa shape index (κ1) is 14.8. The number of rotatable bonds is 5. The van der Waals surface area contributed by atoms with Crippen LogP contribution in [0.2, 0.25) is 0 Å². The molecule has 1 heterocycles. The highest BCUT2D eigenvalue weighted by Gasteiger charge is 2.15. The second-order valence-corrected chi connectivity index (χ2v) is 5.01. The number of aryl methyl sites for hydroxylation is 2. The number of benzene rings is 1. The molecule has 0 saturated heterocycles. The number of nitrogens with one attached hydrogen (secondary N) is 1. The van der Waals surface area contributed by atoms with E-state index in [4.69, 9.17) is 10.8 Å². The van der Waals surface area contributed by atoms with Crippen molar-refractivity contribution in [2.75, 3.05) is 5.73 Å². The van der Waals surface area contributed by atoms with Crippen molar-refractivity contribution in [1.29, 1.82) is 0 Å². The molecule has 0 aliphatic rings. The van der Waals surface area contributed by atoms with Gasteiger partial charge in [0, 0.05) is 5.69 Å². The zero-order valence-corrected chi connectivity index (χ0v) is 11.8. The van der Waals surface area contributed by atoms with Gasteiger partial charge in [-0.3, -0.25) is 9.59 Å². The number of aliphatic carboxylic acids is 1. The number of aromatic amines is 1. The fourth-order valence-electron chi connectivity index (χ4n) is 2.43.